The molecule has 120 valence electrons. The molecule has 1 N–H and O–H groups in total. The van der Waals surface area contributed by atoms with Crippen LogP contribution >= 0.6 is 23.2 Å². The Morgan fingerprint density at radius 1 is 1.22 bits per heavy atom. The fraction of sp³-hybridized carbons (Fsp3) is 0.278. The second kappa shape index (κ2) is 6.81. The van der Waals surface area contributed by atoms with Crippen molar-refractivity contribution in [3.63, 3.8) is 0 Å². The summed E-state index contributed by atoms with van der Waals surface area (Å²) < 4.78 is 5.51. The van der Waals surface area contributed by atoms with Crippen molar-refractivity contribution < 1.29 is 9.53 Å². The highest BCUT2D eigenvalue weighted by atomic mass is 35.5. The fourth-order valence-corrected chi connectivity index (χ4v) is 3.29. The first kappa shape index (κ1) is 16.2. The Kier molecular flexibility index (Phi) is 4.79. The minimum atomic E-state index is -0.175. The van der Waals surface area contributed by atoms with E-state index in [4.69, 9.17) is 27.9 Å². The van der Waals surface area contributed by atoms with Crippen LogP contribution in [0.5, 0.6) is 5.75 Å². The average molecular weight is 350 g/mol. The Morgan fingerprint density at radius 3 is 2.70 bits per heavy atom. The molecule has 1 heterocycles. The minimum absolute atomic E-state index is 0.000582. The van der Waals surface area contributed by atoms with Crippen LogP contribution in [0.4, 0.5) is 0 Å². The van der Waals surface area contributed by atoms with Crippen LogP contribution in [-0.4, -0.2) is 18.6 Å². The van der Waals surface area contributed by atoms with E-state index in [9.17, 15) is 4.79 Å². The molecule has 0 spiro atoms. The first-order valence-electron chi connectivity index (χ1n) is 7.53. The molecule has 1 unspecified atom stereocenters. The van der Waals surface area contributed by atoms with Gasteiger partial charge in [0.15, 0.2) is 0 Å². The number of halogens is 2. The molecule has 0 saturated carbocycles. The van der Waals surface area contributed by atoms with Gasteiger partial charge in [-0.2, -0.15) is 0 Å². The third-order valence-electron chi connectivity index (χ3n) is 3.80. The molecule has 0 aromatic heterocycles. The van der Waals surface area contributed by atoms with E-state index in [1.807, 2.05) is 19.1 Å². The third kappa shape index (κ3) is 3.98. The fourth-order valence-electron chi connectivity index (χ4n) is 2.76. The van der Waals surface area contributed by atoms with E-state index < -0.39 is 0 Å². The van der Waals surface area contributed by atoms with E-state index in [1.165, 1.54) is 11.1 Å². The lowest BCUT2D eigenvalue weighted by Crippen LogP contribution is -2.34. The third-order valence-corrected chi connectivity index (χ3v) is 4.23. The van der Waals surface area contributed by atoms with E-state index in [2.05, 4.69) is 11.4 Å². The molecule has 2 aromatic rings. The van der Waals surface area contributed by atoms with E-state index in [0.717, 1.165) is 25.2 Å². The molecule has 0 fully saturated rings. The highest BCUT2D eigenvalue weighted by Crippen LogP contribution is 2.26. The van der Waals surface area contributed by atoms with Crippen LogP contribution in [0.2, 0.25) is 10.0 Å². The van der Waals surface area contributed by atoms with Crippen molar-refractivity contribution in [2.75, 3.05) is 6.61 Å². The number of nitrogens with one attached hydrogen (secondary N) is 1. The summed E-state index contributed by atoms with van der Waals surface area (Å²) in [5.74, 6) is 0.797. The molecule has 0 saturated heterocycles. The summed E-state index contributed by atoms with van der Waals surface area (Å²) in [5.41, 5.74) is 2.89. The van der Waals surface area contributed by atoms with Crippen molar-refractivity contribution in [2.45, 2.75) is 25.8 Å². The second-order valence-electron chi connectivity index (χ2n) is 5.78. The predicted octanol–water partition coefficient (Wildman–Crippen LogP) is 4.29. The first-order valence-corrected chi connectivity index (χ1v) is 8.28. The number of hydrogen-bond acceptors (Lipinski definition) is 2. The lowest BCUT2D eigenvalue weighted by atomic mass is 10.0. The Morgan fingerprint density at radius 2 is 1.96 bits per heavy atom. The maximum absolute atomic E-state index is 12.3. The van der Waals surface area contributed by atoms with Gasteiger partial charge in [0.2, 0.25) is 0 Å². The van der Waals surface area contributed by atoms with Gasteiger partial charge < -0.3 is 10.1 Å². The van der Waals surface area contributed by atoms with Gasteiger partial charge in [-0.05, 0) is 48.7 Å². The topological polar surface area (TPSA) is 38.3 Å². The Labute approximate surface area is 145 Å². The Hall–Kier alpha value is -1.71. The largest absolute Gasteiger partial charge is 0.493 e. The van der Waals surface area contributed by atoms with Crippen molar-refractivity contribution in [2.24, 2.45) is 0 Å². The van der Waals surface area contributed by atoms with Gasteiger partial charge in [-0.25, -0.2) is 0 Å². The molecule has 2 aromatic carbocycles. The smallest absolute Gasteiger partial charge is 0.251 e. The van der Waals surface area contributed by atoms with Crippen molar-refractivity contribution in [3.8, 4) is 5.75 Å². The van der Waals surface area contributed by atoms with Crippen LogP contribution in [0.1, 0.15) is 28.4 Å². The maximum Gasteiger partial charge on any atom is 0.251 e. The summed E-state index contributed by atoms with van der Waals surface area (Å²) in [4.78, 5) is 12.3. The van der Waals surface area contributed by atoms with Crippen molar-refractivity contribution in [1.29, 1.82) is 0 Å². The lowest BCUT2D eigenvalue weighted by molar-refractivity contribution is 0.0940. The molecule has 1 atom stereocenters. The van der Waals surface area contributed by atoms with Gasteiger partial charge in [0.05, 0.1) is 6.61 Å². The number of rotatable bonds is 4. The van der Waals surface area contributed by atoms with Gasteiger partial charge >= 0.3 is 0 Å². The van der Waals surface area contributed by atoms with E-state index >= 15 is 0 Å². The van der Waals surface area contributed by atoms with Crippen LogP contribution in [0.25, 0.3) is 0 Å². The van der Waals surface area contributed by atoms with E-state index in [0.29, 0.717) is 15.6 Å². The van der Waals surface area contributed by atoms with Gasteiger partial charge in [-0.3, -0.25) is 4.79 Å². The second-order valence-corrected chi connectivity index (χ2v) is 6.65. The van der Waals surface area contributed by atoms with Gasteiger partial charge in [0.1, 0.15) is 5.75 Å². The van der Waals surface area contributed by atoms with E-state index in [-0.39, 0.29) is 11.9 Å². The Balaban J connectivity index is 1.64. The normalized spacial score (nSPS) is 14.0. The summed E-state index contributed by atoms with van der Waals surface area (Å²) in [6.45, 7) is 2.73. The molecule has 0 aliphatic carbocycles. The summed E-state index contributed by atoms with van der Waals surface area (Å²) in [6, 6.07) is 11.0. The highest BCUT2D eigenvalue weighted by molar-refractivity contribution is 6.35. The monoisotopic (exact) mass is 349 g/mol. The van der Waals surface area contributed by atoms with Crippen LogP contribution in [-0.2, 0) is 12.8 Å². The Bertz CT molecular complexity index is 726. The molecule has 23 heavy (non-hydrogen) atoms. The molecular formula is C18H17Cl2NO2. The zero-order valence-electron chi connectivity index (χ0n) is 12.7. The summed E-state index contributed by atoms with van der Waals surface area (Å²) >= 11 is 11.9. The van der Waals surface area contributed by atoms with Gasteiger partial charge in [-0.1, -0.05) is 35.3 Å². The first-order chi connectivity index (χ1) is 11.0. The number of ether oxygens (including phenoxy) is 1. The SMILES string of the molecule is CC(Cc1ccc2c(c1)CCO2)NC(=O)c1cc(Cl)cc(Cl)c1. The number of fused-ring (bicyclic) bond motifs is 1. The molecule has 3 nitrogen and oxygen atoms in total. The number of amides is 1. The molecular weight excluding hydrogens is 333 g/mol. The zero-order valence-corrected chi connectivity index (χ0v) is 14.2. The maximum atomic E-state index is 12.3. The number of carbonyl (C=O) groups excluding carboxylic acids is 1. The lowest BCUT2D eigenvalue weighted by Gasteiger charge is -2.15. The molecule has 1 aliphatic heterocycles. The number of carbonyl (C=O) groups is 1. The molecule has 0 bridgehead atoms. The van der Waals surface area contributed by atoms with Gasteiger partial charge in [0, 0.05) is 28.1 Å². The van der Waals surface area contributed by atoms with Crippen molar-refractivity contribution in [3.05, 3.63) is 63.1 Å². The minimum Gasteiger partial charge on any atom is -0.493 e. The summed E-state index contributed by atoms with van der Waals surface area (Å²) in [7, 11) is 0. The van der Waals surface area contributed by atoms with Crippen LogP contribution < -0.4 is 10.1 Å². The van der Waals surface area contributed by atoms with Crippen molar-refractivity contribution >= 4 is 29.1 Å². The number of hydrogen-bond donors (Lipinski definition) is 1. The van der Waals surface area contributed by atoms with Crippen LogP contribution in [0, 0.1) is 0 Å². The van der Waals surface area contributed by atoms with Crippen LogP contribution in [0.15, 0.2) is 36.4 Å². The van der Waals surface area contributed by atoms with Gasteiger partial charge in [0.25, 0.3) is 5.91 Å². The molecule has 1 amide bonds. The molecule has 3 rings (SSSR count). The van der Waals surface area contributed by atoms with E-state index in [1.54, 1.807) is 18.2 Å². The summed E-state index contributed by atoms with van der Waals surface area (Å²) in [5, 5.41) is 3.88. The standard InChI is InChI=1S/C18H17Cl2NO2/c1-11(6-12-2-3-17-13(7-12)4-5-23-17)21-18(22)14-8-15(19)10-16(20)9-14/h2-3,7-11H,4-6H2,1H3,(H,21,22). The number of benzene rings is 2. The predicted molar refractivity (Wildman–Crippen MR) is 92.7 cm³/mol. The molecule has 5 heteroatoms. The summed E-state index contributed by atoms with van der Waals surface area (Å²) in [6.07, 6.45) is 1.71. The van der Waals surface area contributed by atoms with Crippen molar-refractivity contribution in [1.82, 2.24) is 5.32 Å². The molecule has 0 radical (unpaired) electrons. The zero-order chi connectivity index (χ0) is 16.4. The quantitative estimate of drug-likeness (QED) is 0.893. The highest BCUT2D eigenvalue weighted by Gasteiger charge is 2.15. The van der Waals surface area contributed by atoms with Gasteiger partial charge in [-0.15, -0.1) is 0 Å². The molecule has 1 aliphatic rings. The van der Waals surface area contributed by atoms with Crippen LogP contribution in [0.3, 0.4) is 0 Å². The average Bonchev–Trinajstić information content (AvgIpc) is 2.93.